The first-order valence-corrected chi connectivity index (χ1v) is 12.9. The molecule has 2 heterocycles. The zero-order valence-corrected chi connectivity index (χ0v) is 21.0. The van der Waals surface area contributed by atoms with E-state index in [0.717, 1.165) is 49.2 Å². The van der Waals surface area contributed by atoms with E-state index in [0.29, 0.717) is 24.5 Å². The normalized spacial score (nSPS) is 19.6. The van der Waals surface area contributed by atoms with Gasteiger partial charge in [0, 0.05) is 45.9 Å². The molecule has 1 saturated heterocycles. The van der Waals surface area contributed by atoms with Crippen molar-refractivity contribution in [3.05, 3.63) is 53.6 Å². The van der Waals surface area contributed by atoms with E-state index in [2.05, 4.69) is 14.6 Å². The first kappa shape index (κ1) is 25.4. The highest BCUT2D eigenvalue weighted by atomic mass is 32.2. The van der Waals surface area contributed by atoms with Gasteiger partial charge in [0.2, 0.25) is 0 Å². The molecule has 0 spiro atoms. The summed E-state index contributed by atoms with van der Waals surface area (Å²) in [6.45, 7) is 2.76. The minimum absolute atomic E-state index is 0.102. The summed E-state index contributed by atoms with van der Waals surface area (Å²) < 4.78 is 26.6. The zero-order chi connectivity index (χ0) is 24.8. The molecule has 0 radical (unpaired) electrons. The van der Waals surface area contributed by atoms with E-state index >= 15 is 0 Å². The average Bonchev–Trinajstić information content (AvgIpc) is 3.31. The van der Waals surface area contributed by atoms with Gasteiger partial charge < -0.3 is 32.8 Å². The van der Waals surface area contributed by atoms with Crippen LogP contribution in [-0.2, 0) is 30.5 Å². The van der Waals surface area contributed by atoms with Crippen LogP contribution in [-0.4, -0.2) is 73.9 Å². The van der Waals surface area contributed by atoms with Crippen LogP contribution in [0.25, 0.3) is 0 Å². The van der Waals surface area contributed by atoms with Crippen molar-refractivity contribution in [3.8, 4) is 5.75 Å². The molecule has 0 bridgehead atoms. The van der Waals surface area contributed by atoms with Gasteiger partial charge in [-0.25, -0.2) is 0 Å². The van der Waals surface area contributed by atoms with Crippen molar-refractivity contribution in [3.63, 3.8) is 0 Å². The molecule has 1 fully saturated rings. The summed E-state index contributed by atoms with van der Waals surface area (Å²) in [6, 6.07) is 13.3. The fourth-order valence-corrected chi connectivity index (χ4v) is 5.02. The second-order valence-corrected chi connectivity index (χ2v) is 9.81. The van der Waals surface area contributed by atoms with Crippen LogP contribution in [0.4, 0.5) is 11.4 Å². The molecule has 35 heavy (non-hydrogen) atoms. The first-order valence-electron chi connectivity index (χ1n) is 11.9. The monoisotopic (exact) mass is 501 g/mol. The fourth-order valence-electron chi connectivity index (χ4n) is 4.63. The van der Waals surface area contributed by atoms with Crippen LogP contribution in [0.1, 0.15) is 30.0 Å². The van der Waals surface area contributed by atoms with Crippen molar-refractivity contribution >= 4 is 28.2 Å². The average molecular weight is 502 g/mol. The van der Waals surface area contributed by atoms with Crippen molar-refractivity contribution in [2.45, 2.75) is 31.4 Å². The highest BCUT2D eigenvalue weighted by molar-refractivity contribution is 7.69. The minimum Gasteiger partial charge on any atom is -0.483 e. The highest BCUT2D eigenvalue weighted by Crippen LogP contribution is 2.39. The second-order valence-electron chi connectivity index (χ2n) is 8.86. The van der Waals surface area contributed by atoms with E-state index in [4.69, 9.17) is 8.92 Å². The number of carbonyl (C=O) groups is 1. The molecule has 9 nitrogen and oxygen atoms in total. The van der Waals surface area contributed by atoms with Crippen LogP contribution in [0, 0.1) is 0 Å². The number of hydrogen-bond acceptors (Lipinski definition) is 9. The largest absolute Gasteiger partial charge is 0.483 e. The van der Waals surface area contributed by atoms with Crippen molar-refractivity contribution < 1.29 is 23.0 Å². The lowest BCUT2D eigenvalue weighted by Crippen LogP contribution is -2.41. The third kappa shape index (κ3) is 6.32. The van der Waals surface area contributed by atoms with Gasteiger partial charge in [-0.1, -0.05) is 41.2 Å². The molecule has 0 aliphatic carbocycles. The van der Waals surface area contributed by atoms with Crippen LogP contribution < -0.4 is 10.1 Å². The maximum atomic E-state index is 13.2. The number of amides is 1. The molecule has 1 amide bonds. The van der Waals surface area contributed by atoms with E-state index < -0.39 is 10.9 Å². The number of rotatable bonds is 9. The highest BCUT2D eigenvalue weighted by Gasteiger charge is 2.28. The van der Waals surface area contributed by atoms with Gasteiger partial charge in [-0.05, 0) is 37.0 Å². The number of hydrogen-bond donors (Lipinski definition) is 2. The standard InChI is InChI=1S/C25H33N4O5S/c1-28(22(18-7-4-3-5-8-18)16-29-14-12-19(30)15-29)24(31)17-34-23-11-10-21(27-35(32)33-2)25-20(23)9-6-13-26-25/h3-5,7-8,10-11,19,22,26,30H,6,9,12-17H2,1-2H3/q-1/t19-,22?/m0/s1. The topological polar surface area (TPSA) is 104 Å². The molecule has 2 atom stereocenters. The van der Waals surface area contributed by atoms with Crippen molar-refractivity contribution in [2.75, 3.05) is 52.3 Å². The summed E-state index contributed by atoms with van der Waals surface area (Å²) in [5, 5.41) is 13.3. The lowest BCUT2D eigenvalue weighted by atomic mass is 10.0. The van der Waals surface area contributed by atoms with Crippen LogP contribution in [0.3, 0.4) is 0 Å². The smallest absolute Gasteiger partial charge is 0.260 e. The number of ether oxygens (including phenoxy) is 1. The fraction of sp³-hybridized carbons (Fsp3) is 0.480. The van der Waals surface area contributed by atoms with Crippen LogP contribution in [0.15, 0.2) is 46.8 Å². The Morgan fingerprint density at radius 2 is 2.11 bits per heavy atom. The summed E-state index contributed by atoms with van der Waals surface area (Å²) >= 11 is 0. The van der Waals surface area contributed by atoms with E-state index in [-0.39, 0.29) is 24.7 Å². The molecule has 0 saturated carbocycles. The minimum atomic E-state index is -1.76. The molecule has 1 unspecified atom stereocenters. The Bertz CT molecular complexity index is 1110. The number of nitrogens with zero attached hydrogens (tertiary/aromatic N) is 3. The lowest BCUT2D eigenvalue weighted by Gasteiger charge is -2.32. The number of aliphatic hydroxyl groups excluding tert-OH is 1. The Balaban J connectivity index is 1.49. The summed E-state index contributed by atoms with van der Waals surface area (Å²) in [5.41, 5.74) is 3.29. The third-order valence-electron chi connectivity index (χ3n) is 6.54. The van der Waals surface area contributed by atoms with Gasteiger partial charge in [0.25, 0.3) is 5.91 Å². The Morgan fingerprint density at radius 3 is 2.83 bits per heavy atom. The molecular formula is C25H33N4O5S-. The van der Waals surface area contributed by atoms with Crippen LogP contribution >= 0.6 is 0 Å². The van der Waals surface area contributed by atoms with Crippen LogP contribution in [0.2, 0.25) is 0 Å². The third-order valence-corrected chi connectivity index (χ3v) is 7.17. The van der Waals surface area contributed by atoms with Gasteiger partial charge in [0.1, 0.15) is 5.75 Å². The lowest BCUT2D eigenvalue weighted by molar-refractivity contribution is -0.134. The number of carbonyl (C=O) groups excluding carboxylic acids is 1. The SMILES string of the molecule is CO[S-](=O)=Nc1ccc(OCC(=O)N(C)C(CN2CC[C@H](O)C2)c2ccccc2)c2c1NCCC2. The molecule has 4 rings (SSSR count). The number of anilines is 1. The van der Waals surface area contributed by atoms with Gasteiger partial charge >= 0.3 is 0 Å². The Hall–Kier alpha value is -2.66. The van der Waals surface area contributed by atoms with Gasteiger partial charge in [-0.3, -0.25) is 9.69 Å². The molecular weight excluding hydrogens is 468 g/mol. The first-order chi connectivity index (χ1) is 17.0. The number of likely N-dealkylation sites (tertiary alicyclic amines) is 1. The maximum Gasteiger partial charge on any atom is 0.260 e. The van der Waals surface area contributed by atoms with Gasteiger partial charge in [0.15, 0.2) is 6.61 Å². The number of aliphatic hydroxyl groups is 1. The van der Waals surface area contributed by atoms with E-state index in [1.807, 2.05) is 30.3 Å². The summed E-state index contributed by atoms with van der Waals surface area (Å²) in [6.07, 6.45) is 2.13. The van der Waals surface area contributed by atoms with Gasteiger partial charge in [0.05, 0.1) is 23.5 Å². The molecule has 10 heteroatoms. The number of fused-ring (bicyclic) bond motifs is 1. The summed E-state index contributed by atoms with van der Waals surface area (Å²) in [7, 11) is 1.38. The Labute approximate surface area is 208 Å². The number of likely N-dealkylation sites (N-methyl/N-ethyl adjacent to an activating group) is 1. The van der Waals surface area contributed by atoms with Crippen molar-refractivity contribution in [1.82, 2.24) is 9.80 Å². The number of nitrogens with one attached hydrogen (secondary N) is 1. The zero-order valence-electron chi connectivity index (χ0n) is 20.2. The van der Waals surface area contributed by atoms with E-state index in [1.54, 1.807) is 24.1 Å². The summed E-state index contributed by atoms with van der Waals surface area (Å²) in [5.74, 6) is 0.486. The van der Waals surface area contributed by atoms with Crippen molar-refractivity contribution in [2.24, 2.45) is 4.36 Å². The molecule has 2 aliphatic heterocycles. The summed E-state index contributed by atoms with van der Waals surface area (Å²) in [4.78, 5) is 17.2. The maximum absolute atomic E-state index is 13.2. The molecule has 2 aromatic rings. The van der Waals surface area contributed by atoms with Crippen molar-refractivity contribution in [1.29, 1.82) is 0 Å². The Morgan fingerprint density at radius 1 is 1.31 bits per heavy atom. The van der Waals surface area contributed by atoms with E-state index in [1.165, 1.54) is 7.11 Å². The molecule has 0 aromatic heterocycles. The van der Waals surface area contributed by atoms with Crippen LogP contribution in [0.5, 0.6) is 5.75 Å². The molecule has 2 aromatic carbocycles. The molecule has 2 N–H and O–H groups in total. The predicted molar refractivity (Wildman–Crippen MR) is 135 cm³/mol. The predicted octanol–water partition coefficient (Wildman–Crippen LogP) is 3.03. The van der Waals surface area contributed by atoms with Gasteiger partial charge in [-0.15, -0.1) is 0 Å². The second kappa shape index (κ2) is 11.9. The van der Waals surface area contributed by atoms with E-state index in [9.17, 15) is 14.1 Å². The number of β-amino-alcohol motifs (C(OH)–C–C–N with tert-alkyl or cyclic N) is 1. The molecule has 2 aliphatic rings. The van der Waals surface area contributed by atoms with Gasteiger partial charge in [-0.2, -0.15) is 0 Å². The number of benzene rings is 2. The quantitative estimate of drug-likeness (QED) is 0.509. The molecule has 190 valence electrons. The Kier molecular flexibility index (Phi) is 8.61.